The highest BCUT2D eigenvalue weighted by molar-refractivity contribution is 5.42. The van der Waals surface area contributed by atoms with E-state index in [0.717, 1.165) is 31.0 Å². The first kappa shape index (κ1) is 14.2. The van der Waals surface area contributed by atoms with Crippen LogP contribution in [0, 0.1) is 0 Å². The molecule has 19 heavy (non-hydrogen) atoms. The van der Waals surface area contributed by atoms with Gasteiger partial charge in [-0.25, -0.2) is 0 Å². The van der Waals surface area contributed by atoms with E-state index in [-0.39, 0.29) is 18.3 Å². The molecule has 5 heteroatoms. The minimum Gasteiger partial charge on any atom is -0.394 e. The van der Waals surface area contributed by atoms with Crippen molar-refractivity contribution in [3.8, 4) is 0 Å². The molecule has 1 fully saturated rings. The van der Waals surface area contributed by atoms with Crippen molar-refractivity contribution >= 4 is 5.69 Å². The number of nitrogens with zero attached hydrogens (tertiary/aromatic N) is 2. The van der Waals surface area contributed by atoms with Gasteiger partial charge in [0.05, 0.1) is 24.0 Å². The average molecular weight is 265 g/mol. The van der Waals surface area contributed by atoms with E-state index in [1.54, 1.807) is 0 Å². The predicted octanol–water partition coefficient (Wildman–Crippen LogP) is 1.09. The summed E-state index contributed by atoms with van der Waals surface area (Å²) in [6.45, 7) is 6.53. The van der Waals surface area contributed by atoms with Crippen LogP contribution in [0.15, 0.2) is 18.3 Å². The molecule has 1 aromatic rings. The number of anilines is 1. The fraction of sp³-hybridized carbons (Fsp3) is 0.643. The van der Waals surface area contributed by atoms with Crippen LogP contribution in [0.3, 0.4) is 0 Å². The monoisotopic (exact) mass is 265 g/mol. The fourth-order valence-corrected chi connectivity index (χ4v) is 2.58. The van der Waals surface area contributed by atoms with Gasteiger partial charge in [-0.2, -0.15) is 0 Å². The first-order chi connectivity index (χ1) is 9.02. The van der Waals surface area contributed by atoms with Crippen molar-refractivity contribution in [3.05, 3.63) is 24.0 Å². The summed E-state index contributed by atoms with van der Waals surface area (Å²) >= 11 is 0. The second-order valence-electron chi connectivity index (χ2n) is 5.64. The first-order valence-electron chi connectivity index (χ1n) is 6.66. The average Bonchev–Trinajstić information content (AvgIpc) is 2.37. The molecule has 0 aromatic carbocycles. The van der Waals surface area contributed by atoms with E-state index in [1.165, 1.54) is 0 Å². The van der Waals surface area contributed by atoms with Gasteiger partial charge in [0.2, 0.25) is 0 Å². The van der Waals surface area contributed by atoms with Crippen LogP contribution >= 0.6 is 0 Å². The van der Waals surface area contributed by atoms with Crippen LogP contribution in [0.25, 0.3) is 0 Å². The fourth-order valence-electron chi connectivity index (χ4n) is 2.58. The summed E-state index contributed by atoms with van der Waals surface area (Å²) in [5.41, 5.74) is 1.86. The molecular formula is C14H23N3O2. The molecule has 0 bridgehead atoms. The highest BCUT2D eigenvalue weighted by Crippen LogP contribution is 2.22. The molecule has 0 aliphatic carbocycles. The van der Waals surface area contributed by atoms with Gasteiger partial charge in [0.1, 0.15) is 0 Å². The molecule has 106 valence electrons. The van der Waals surface area contributed by atoms with E-state index in [9.17, 15) is 5.11 Å². The van der Waals surface area contributed by atoms with E-state index in [4.69, 9.17) is 4.74 Å². The zero-order valence-electron chi connectivity index (χ0n) is 11.9. The Morgan fingerprint density at radius 2 is 2.37 bits per heavy atom. The van der Waals surface area contributed by atoms with Gasteiger partial charge in [0.25, 0.3) is 0 Å². The van der Waals surface area contributed by atoms with Gasteiger partial charge in [0, 0.05) is 38.6 Å². The molecule has 1 aliphatic heterocycles. The third kappa shape index (κ3) is 3.89. The minimum absolute atomic E-state index is 0.0594. The van der Waals surface area contributed by atoms with E-state index in [0.29, 0.717) is 0 Å². The van der Waals surface area contributed by atoms with Crippen molar-refractivity contribution in [1.82, 2.24) is 9.88 Å². The van der Waals surface area contributed by atoms with Gasteiger partial charge in [-0.05, 0) is 26.0 Å². The van der Waals surface area contributed by atoms with Crippen LogP contribution in [0.1, 0.15) is 19.5 Å². The van der Waals surface area contributed by atoms with Crippen LogP contribution < -0.4 is 5.32 Å². The van der Waals surface area contributed by atoms with Gasteiger partial charge >= 0.3 is 0 Å². The number of aromatic nitrogens is 1. The highest BCUT2D eigenvalue weighted by atomic mass is 16.5. The maximum Gasteiger partial charge on any atom is 0.0940 e. The Balaban J connectivity index is 2.04. The Bertz CT molecular complexity index is 423. The lowest BCUT2D eigenvalue weighted by Gasteiger charge is -2.42. The molecule has 2 N–H and O–H groups in total. The van der Waals surface area contributed by atoms with Gasteiger partial charge < -0.3 is 15.2 Å². The zero-order chi connectivity index (χ0) is 13.9. The number of rotatable bonds is 4. The summed E-state index contributed by atoms with van der Waals surface area (Å²) in [7, 11) is 1.90. The molecule has 2 rings (SSSR count). The number of morpholine rings is 1. The van der Waals surface area contributed by atoms with Crippen molar-refractivity contribution in [3.63, 3.8) is 0 Å². The van der Waals surface area contributed by atoms with Crippen molar-refractivity contribution in [2.75, 3.05) is 32.1 Å². The lowest BCUT2D eigenvalue weighted by molar-refractivity contribution is -0.150. The summed E-state index contributed by atoms with van der Waals surface area (Å²) in [6.07, 6.45) is 1.70. The van der Waals surface area contributed by atoms with Gasteiger partial charge in [-0.1, -0.05) is 0 Å². The molecule has 1 unspecified atom stereocenters. The Morgan fingerprint density at radius 1 is 1.58 bits per heavy atom. The summed E-state index contributed by atoms with van der Waals surface area (Å²) < 4.78 is 5.81. The molecule has 1 aromatic heterocycles. The predicted molar refractivity (Wildman–Crippen MR) is 75.1 cm³/mol. The second-order valence-corrected chi connectivity index (χ2v) is 5.64. The van der Waals surface area contributed by atoms with E-state index < -0.39 is 0 Å². The Kier molecular flexibility index (Phi) is 4.39. The summed E-state index contributed by atoms with van der Waals surface area (Å²) in [6, 6.07) is 4.00. The number of aliphatic hydroxyl groups excluding tert-OH is 1. The quantitative estimate of drug-likeness (QED) is 0.853. The number of ether oxygens (including phenoxy) is 1. The van der Waals surface area contributed by atoms with E-state index in [2.05, 4.69) is 35.1 Å². The summed E-state index contributed by atoms with van der Waals surface area (Å²) in [4.78, 5) is 6.68. The molecule has 2 heterocycles. The van der Waals surface area contributed by atoms with Crippen molar-refractivity contribution in [2.45, 2.75) is 32.1 Å². The zero-order valence-corrected chi connectivity index (χ0v) is 11.9. The summed E-state index contributed by atoms with van der Waals surface area (Å²) in [5, 5.41) is 12.4. The lowest BCUT2D eigenvalue weighted by Crippen LogP contribution is -2.53. The maximum atomic E-state index is 9.31. The van der Waals surface area contributed by atoms with Crippen LogP contribution in [-0.2, 0) is 11.3 Å². The van der Waals surface area contributed by atoms with E-state index in [1.807, 2.05) is 19.3 Å². The number of hydrogen-bond donors (Lipinski definition) is 2. The highest BCUT2D eigenvalue weighted by Gasteiger charge is 2.33. The molecule has 1 saturated heterocycles. The maximum absolute atomic E-state index is 9.31. The molecule has 1 aliphatic rings. The van der Waals surface area contributed by atoms with Gasteiger partial charge in [0.15, 0.2) is 0 Å². The number of pyridine rings is 1. The second kappa shape index (κ2) is 5.86. The normalized spacial score (nSPS) is 23.3. The SMILES string of the molecule is CNc1ccnc(CN2CC(CO)OC(C)(C)C2)c1. The number of nitrogens with one attached hydrogen (secondary N) is 1. The third-order valence-electron chi connectivity index (χ3n) is 3.25. The van der Waals surface area contributed by atoms with Crippen LogP contribution in [0.4, 0.5) is 5.69 Å². The van der Waals surface area contributed by atoms with Gasteiger partial charge in [-0.3, -0.25) is 9.88 Å². The molecule has 5 nitrogen and oxygen atoms in total. The third-order valence-corrected chi connectivity index (χ3v) is 3.25. The standard InChI is InChI=1S/C14H23N3O2/c1-14(2)10-17(8-13(9-18)19-14)7-12-6-11(15-3)4-5-16-12/h4-6,13,18H,7-10H2,1-3H3,(H,15,16). The molecular weight excluding hydrogens is 242 g/mol. The molecule has 0 radical (unpaired) electrons. The van der Waals surface area contributed by atoms with E-state index >= 15 is 0 Å². The minimum atomic E-state index is -0.230. The smallest absolute Gasteiger partial charge is 0.0940 e. The topological polar surface area (TPSA) is 57.6 Å². The van der Waals surface area contributed by atoms with Crippen LogP contribution in [0.2, 0.25) is 0 Å². The number of hydrogen-bond acceptors (Lipinski definition) is 5. The Labute approximate surface area is 114 Å². The van der Waals surface area contributed by atoms with Crippen molar-refractivity contribution in [2.24, 2.45) is 0 Å². The molecule has 1 atom stereocenters. The van der Waals surface area contributed by atoms with Crippen LogP contribution in [-0.4, -0.2) is 53.4 Å². The molecule has 0 spiro atoms. The first-order valence-corrected chi connectivity index (χ1v) is 6.66. The largest absolute Gasteiger partial charge is 0.394 e. The summed E-state index contributed by atoms with van der Waals surface area (Å²) in [5.74, 6) is 0. The van der Waals surface area contributed by atoms with Crippen LogP contribution in [0.5, 0.6) is 0 Å². The number of aliphatic hydroxyl groups is 1. The Morgan fingerprint density at radius 3 is 3.05 bits per heavy atom. The Hall–Kier alpha value is -1.17. The lowest BCUT2D eigenvalue weighted by atomic mass is 10.1. The van der Waals surface area contributed by atoms with Crippen molar-refractivity contribution in [1.29, 1.82) is 0 Å². The van der Waals surface area contributed by atoms with Gasteiger partial charge in [-0.15, -0.1) is 0 Å². The molecule has 0 amide bonds. The van der Waals surface area contributed by atoms with Crippen molar-refractivity contribution < 1.29 is 9.84 Å². The molecule has 0 saturated carbocycles.